The van der Waals surface area contributed by atoms with Crippen molar-refractivity contribution in [3.05, 3.63) is 5.82 Å². The molecule has 10 nitrogen and oxygen atoms in total. The predicted molar refractivity (Wildman–Crippen MR) is 104 cm³/mol. The standard InChI is InChI=1S/C18H32N6O4/c1-8-9-10-19-15-23-21-13(22-24-15)11-12(14(25)27-17(2,3)4)20-16(26)28-18(5,6)7/h12H,8-11H2,1-7H3,(H,20,26)(H,19,23,24). The van der Waals surface area contributed by atoms with Gasteiger partial charge in [-0.2, -0.15) is 0 Å². The second-order valence-electron chi connectivity index (χ2n) is 8.36. The SMILES string of the molecule is CCCCNc1nnc(CC(NC(=O)OC(C)(C)C)C(=O)OC(C)(C)C)nn1. The second-order valence-corrected chi connectivity index (χ2v) is 8.36. The zero-order valence-corrected chi connectivity index (χ0v) is 17.8. The van der Waals surface area contributed by atoms with Gasteiger partial charge < -0.3 is 20.1 Å². The van der Waals surface area contributed by atoms with Crippen molar-refractivity contribution in [1.29, 1.82) is 0 Å². The molecule has 0 radical (unpaired) electrons. The highest BCUT2D eigenvalue weighted by Gasteiger charge is 2.30. The van der Waals surface area contributed by atoms with Crippen molar-refractivity contribution in [1.82, 2.24) is 25.7 Å². The van der Waals surface area contributed by atoms with E-state index in [0.29, 0.717) is 5.95 Å². The van der Waals surface area contributed by atoms with Gasteiger partial charge in [0, 0.05) is 13.0 Å². The molecule has 0 aromatic carbocycles. The Kier molecular flexibility index (Phi) is 8.52. The number of hydrogen-bond acceptors (Lipinski definition) is 9. The molecular weight excluding hydrogens is 364 g/mol. The molecule has 2 N–H and O–H groups in total. The van der Waals surface area contributed by atoms with E-state index in [9.17, 15) is 9.59 Å². The van der Waals surface area contributed by atoms with Gasteiger partial charge in [0.2, 0.25) is 0 Å². The normalized spacial score (nSPS) is 12.8. The third-order valence-corrected chi connectivity index (χ3v) is 3.10. The summed E-state index contributed by atoms with van der Waals surface area (Å²) >= 11 is 0. The van der Waals surface area contributed by atoms with E-state index in [4.69, 9.17) is 9.47 Å². The molecule has 1 amide bonds. The summed E-state index contributed by atoms with van der Waals surface area (Å²) in [7, 11) is 0. The van der Waals surface area contributed by atoms with E-state index < -0.39 is 29.3 Å². The van der Waals surface area contributed by atoms with Crippen LogP contribution in [0.3, 0.4) is 0 Å². The van der Waals surface area contributed by atoms with Crippen molar-refractivity contribution in [2.45, 2.75) is 85.0 Å². The maximum absolute atomic E-state index is 12.5. The lowest BCUT2D eigenvalue weighted by Crippen LogP contribution is -2.47. The number of carbonyl (C=O) groups is 2. The summed E-state index contributed by atoms with van der Waals surface area (Å²) in [5, 5.41) is 21.4. The number of rotatable bonds is 8. The molecule has 1 aromatic rings. The Labute approximate surface area is 166 Å². The fourth-order valence-corrected chi connectivity index (χ4v) is 1.98. The van der Waals surface area contributed by atoms with Crippen LogP contribution in [0, 0.1) is 0 Å². The van der Waals surface area contributed by atoms with E-state index in [1.54, 1.807) is 41.5 Å². The minimum absolute atomic E-state index is 0.0244. The maximum Gasteiger partial charge on any atom is 0.408 e. The van der Waals surface area contributed by atoms with Crippen LogP contribution in [-0.2, 0) is 20.7 Å². The topological polar surface area (TPSA) is 128 Å². The van der Waals surface area contributed by atoms with Crippen molar-refractivity contribution >= 4 is 18.0 Å². The zero-order chi connectivity index (χ0) is 21.4. The van der Waals surface area contributed by atoms with Gasteiger partial charge in [0.05, 0.1) is 0 Å². The van der Waals surface area contributed by atoms with Crippen molar-refractivity contribution in [2.24, 2.45) is 0 Å². The number of ether oxygens (including phenoxy) is 2. The van der Waals surface area contributed by atoms with Crippen LogP contribution >= 0.6 is 0 Å². The summed E-state index contributed by atoms with van der Waals surface area (Å²) < 4.78 is 10.6. The number of alkyl carbamates (subject to hydrolysis) is 1. The van der Waals surface area contributed by atoms with Crippen molar-refractivity contribution < 1.29 is 19.1 Å². The van der Waals surface area contributed by atoms with Crippen molar-refractivity contribution in [2.75, 3.05) is 11.9 Å². The Bertz CT molecular complexity index is 637. The van der Waals surface area contributed by atoms with Crippen LogP contribution in [0.1, 0.15) is 67.1 Å². The van der Waals surface area contributed by atoms with Gasteiger partial charge in [-0.1, -0.05) is 13.3 Å². The average molecular weight is 396 g/mol. The summed E-state index contributed by atoms with van der Waals surface area (Å²) in [5.74, 6) is -0.105. The Morgan fingerprint density at radius 3 is 2.04 bits per heavy atom. The van der Waals surface area contributed by atoms with Crippen molar-refractivity contribution in [3.63, 3.8) is 0 Å². The summed E-state index contributed by atoms with van der Waals surface area (Å²) in [6.45, 7) is 13.2. The number of aromatic nitrogens is 4. The van der Waals surface area contributed by atoms with Crippen molar-refractivity contribution in [3.8, 4) is 0 Å². The first-order valence-electron chi connectivity index (χ1n) is 9.42. The van der Waals surface area contributed by atoms with Crippen LogP contribution in [0.5, 0.6) is 0 Å². The quantitative estimate of drug-likeness (QED) is 0.502. The zero-order valence-electron chi connectivity index (χ0n) is 17.8. The third kappa shape index (κ3) is 9.98. The van der Waals surface area contributed by atoms with Crippen LogP contribution in [-0.4, -0.2) is 56.2 Å². The molecule has 0 saturated heterocycles. The molecule has 158 valence electrons. The summed E-state index contributed by atoms with van der Waals surface area (Å²) in [6, 6.07) is -1.03. The minimum atomic E-state index is -1.03. The second kappa shape index (κ2) is 10.1. The van der Waals surface area contributed by atoms with Crippen LogP contribution < -0.4 is 10.6 Å². The Morgan fingerprint density at radius 1 is 0.964 bits per heavy atom. The van der Waals surface area contributed by atoms with Gasteiger partial charge >= 0.3 is 12.1 Å². The Hall–Kier alpha value is -2.52. The van der Waals surface area contributed by atoms with Crippen LogP contribution in [0.2, 0.25) is 0 Å². The molecule has 0 saturated carbocycles. The lowest BCUT2D eigenvalue weighted by Gasteiger charge is -2.25. The molecule has 1 heterocycles. The highest BCUT2D eigenvalue weighted by atomic mass is 16.6. The number of unbranched alkanes of at least 4 members (excludes halogenated alkanes) is 1. The fraction of sp³-hybridized carbons (Fsp3) is 0.778. The first kappa shape index (κ1) is 23.5. The molecule has 1 rings (SSSR count). The number of amides is 1. The van der Waals surface area contributed by atoms with E-state index in [1.807, 2.05) is 0 Å². The van der Waals surface area contributed by atoms with Gasteiger partial charge in [0.1, 0.15) is 17.2 Å². The number of nitrogens with one attached hydrogen (secondary N) is 2. The molecule has 1 atom stereocenters. The van der Waals surface area contributed by atoms with E-state index in [0.717, 1.165) is 19.4 Å². The molecule has 0 aliphatic rings. The molecule has 0 aliphatic carbocycles. The third-order valence-electron chi connectivity index (χ3n) is 3.10. The predicted octanol–water partition coefficient (Wildman–Crippen LogP) is 2.26. The van der Waals surface area contributed by atoms with Gasteiger partial charge in [-0.3, -0.25) is 0 Å². The highest BCUT2D eigenvalue weighted by molar-refractivity contribution is 5.81. The summed E-state index contributed by atoms with van der Waals surface area (Å²) in [6.07, 6.45) is 1.26. The number of esters is 1. The number of nitrogens with zero attached hydrogens (tertiary/aromatic N) is 4. The molecular formula is C18H32N6O4. The summed E-state index contributed by atoms with van der Waals surface area (Å²) in [4.78, 5) is 24.6. The molecule has 1 aromatic heterocycles. The largest absolute Gasteiger partial charge is 0.458 e. The molecule has 0 aliphatic heterocycles. The van der Waals surface area contributed by atoms with Gasteiger partial charge in [0.15, 0.2) is 5.82 Å². The van der Waals surface area contributed by atoms with Gasteiger partial charge in [0.25, 0.3) is 5.95 Å². The van der Waals surface area contributed by atoms with Crippen LogP contribution in [0.15, 0.2) is 0 Å². The molecule has 0 bridgehead atoms. The highest BCUT2D eigenvalue weighted by Crippen LogP contribution is 2.12. The monoisotopic (exact) mass is 396 g/mol. The number of carbonyl (C=O) groups excluding carboxylic acids is 2. The number of anilines is 1. The fourth-order valence-electron chi connectivity index (χ4n) is 1.98. The van der Waals surface area contributed by atoms with E-state index in [1.165, 1.54) is 0 Å². The first-order chi connectivity index (χ1) is 12.9. The van der Waals surface area contributed by atoms with E-state index in [-0.39, 0.29) is 12.2 Å². The minimum Gasteiger partial charge on any atom is -0.458 e. The lowest BCUT2D eigenvalue weighted by atomic mass is 10.1. The molecule has 28 heavy (non-hydrogen) atoms. The maximum atomic E-state index is 12.5. The first-order valence-corrected chi connectivity index (χ1v) is 9.42. The molecule has 1 unspecified atom stereocenters. The van der Waals surface area contributed by atoms with Gasteiger partial charge in [-0.15, -0.1) is 20.4 Å². The lowest BCUT2D eigenvalue weighted by molar-refractivity contribution is -0.157. The number of hydrogen-bond donors (Lipinski definition) is 2. The smallest absolute Gasteiger partial charge is 0.408 e. The Balaban J connectivity index is 2.83. The molecule has 0 fully saturated rings. The van der Waals surface area contributed by atoms with Crippen LogP contribution in [0.25, 0.3) is 0 Å². The molecule has 10 heteroatoms. The Morgan fingerprint density at radius 2 is 1.54 bits per heavy atom. The van der Waals surface area contributed by atoms with Gasteiger partial charge in [-0.05, 0) is 48.0 Å². The molecule has 0 spiro atoms. The average Bonchev–Trinajstić information content (AvgIpc) is 2.52. The van der Waals surface area contributed by atoms with Gasteiger partial charge in [-0.25, -0.2) is 9.59 Å². The van der Waals surface area contributed by atoms with E-state index >= 15 is 0 Å². The van der Waals surface area contributed by atoms with E-state index in [2.05, 4.69) is 38.0 Å². The summed E-state index contributed by atoms with van der Waals surface area (Å²) in [5.41, 5.74) is -1.41. The van der Waals surface area contributed by atoms with Crippen LogP contribution in [0.4, 0.5) is 10.7 Å².